The lowest BCUT2D eigenvalue weighted by atomic mass is 10.1. The van der Waals surface area contributed by atoms with Crippen molar-refractivity contribution in [1.29, 1.82) is 0 Å². The zero-order valence-corrected chi connectivity index (χ0v) is 21.8. The summed E-state index contributed by atoms with van der Waals surface area (Å²) < 4.78 is 16.3. The number of ether oxygens (including phenoxy) is 3. The number of nitrogens with zero attached hydrogens (tertiary/aromatic N) is 1. The third-order valence-electron chi connectivity index (χ3n) is 5.52. The van der Waals surface area contributed by atoms with E-state index in [4.69, 9.17) is 25.8 Å². The first kappa shape index (κ1) is 27.2. The van der Waals surface area contributed by atoms with E-state index in [1.54, 1.807) is 36.4 Å². The zero-order valence-electron chi connectivity index (χ0n) is 21.0. The molecule has 39 heavy (non-hydrogen) atoms. The molecule has 0 unspecified atom stereocenters. The van der Waals surface area contributed by atoms with Crippen molar-refractivity contribution < 1.29 is 33.4 Å². The number of hydrogen-bond acceptors (Lipinski definition) is 7. The minimum Gasteiger partial charge on any atom is -0.495 e. The van der Waals surface area contributed by atoms with Crippen LogP contribution in [-0.2, 0) is 14.4 Å². The van der Waals surface area contributed by atoms with Gasteiger partial charge in [0.2, 0.25) is 0 Å². The van der Waals surface area contributed by atoms with Crippen molar-refractivity contribution in [3.05, 3.63) is 82.9 Å². The minimum atomic E-state index is -0.887. The molecule has 1 aliphatic rings. The van der Waals surface area contributed by atoms with Gasteiger partial charge in [-0.2, -0.15) is 0 Å². The van der Waals surface area contributed by atoms with Crippen LogP contribution in [0.15, 0.2) is 72.3 Å². The summed E-state index contributed by atoms with van der Waals surface area (Å²) in [7, 11) is 1.49. The van der Waals surface area contributed by atoms with Gasteiger partial charge in [0.1, 0.15) is 22.8 Å². The normalized spacial score (nSPS) is 14.2. The molecule has 0 radical (unpaired) electrons. The van der Waals surface area contributed by atoms with Crippen LogP contribution >= 0.6 is 11.6 Å². The second-order valence-corrected chi connectivity index (χ2v) is 8.54. The van der Waals surface area contributed by atoms with E-state index in [2.05, 4.69) is 10.6 Å². The molecule has 1 saturated heterocycles. The van der Waals surface area contributed by atoms with Gasteiger partial charge in [0, 0.05) is 10.6 Å². The van der Waals surface area contributed by atoms with E-state index >= 15 is 0 Å². The molecule has 4 rings (SSSR count). The first-order chi connectivity index (χ1) is 18.8. The van der Waals surface area contributed by atoms with Crippen LogP contribution in [0.1, 0.15) is 12.5 Å². The lowest BCUT2D eigenvalue weighted by molar-refractivity contribution is -0.122. The predicted molar refractivity (Wildman–Crippen MR) is 145 cm³/mol. The zero-order chi connectivity index (χ0) is 27.9. The summed E-state index contributed by atoms with van der Waals surface area (Å²) in [5.41, 5.74) is 0.645. The van der Waals surface area contributed by atoms with Crippen LogP contribution in [0.2, 0.25) is 5.02 Å². The Balaban J connectivity index is 1.56. The van der Waals surface area contributed by atoms with Crippen molar-refractivity contribution >= 4 is 52.8 Å². The summed E-state index contributed by atoms with van der Waals surface area (Å²) >= 11 is 6.16. The number of methoxy groups -OCH3 is 1. The Hall–Kier alpha value is -4.83. The quantitative estimate of drug-likeness (QED) is 0.299. The molecule has 1 aliphatic heterocycles. The van der Waals surface area contributed by atoms with E-state index in [0.29, 0.717) is 28.8 Å². The van der Waals surface area contributed by atoms with Gasteiger partial charge in [-0.05, 0) is 67.6 Å². The highest BCUT2D eigenvalue weighted by molar-refractivity contribution is 6.39. The van der Waals surface area contributed by atoms with Crippen LogP contribution in [0.25, 0.3) is 6.08 Å². The Morgan fingerprint density at radius 3 is 2.46 bits per heavy atom. The maximum Gasteiger partial charge on any atom is 0.335 e. The maximum absolute atomic E-state index is 13.3. The first-order valence-electron chi connectivity index (χ1n) is 11.8. The molecule has 3 aromatic carbocycles. The molecule has 0 spiro atoms. The third-order valence-corrected chi connectivity index (χ3v) is 5.75. The smallest absolute Gasteiger partial charge is 0.335 e. The Labute approximate surface area is 229 Å². The molecule has 2 N–H and O–H groups in total. The number of halogens is 1. The third kappa shape index (κ3) is 6.36. The van der Waals surface area contributed by atoms with E-state index in [1.807, 2.05) is 6.92 Å². The summed E-state index contributed by atoms with van der Waals surface area (Å²) in [5.74, 6) is -0.955. The Kier molecular flexibility index (Phi) is 8.47. The summed E-state index contributed by atoms with van der Waals surface area (Å²) in [6, 6.07) is 16.8. The standard InChI is InChI=1S/C28H24ClN3O7/c1-3-38-20-11-9-19(10-12-20)32-27(35)21(26(34)31-28(32)36)15-17-14-18(29)8-13-23(17)39-16-25(33)30-22-6-4-5-7-24(22)37-2/h4-15H,3,16H2,1-2H3,(H,30,33)(H,31,34,36)/b21-15+. The second-order valence-electron chi connectivity index (χ2n) is 8.10. The van der Waals surface area contributed by atoms with Gasteiger partial charge in [-0.15, -0.1) is 0 Å². The molecule has 0 atom stereocenters. The lowest BCUT2D eigenvalue weighted by Gasteiger charge is -2.26. The number of nitrogens with one attached hydrogen (secondary N) is 2. The van der Waals surface area contributed by atoms with Crippen molar-refractivity contribution in [2.75, 3.05) is 30.5 Å². The molecular formula is C28H24ClN3O7. The number of benzene rings is 3. The van der Waals surface area contributed by atoms with Crippen LogP contribution in [0.5, 0.6) is 17.2 Å². The van der Waals surface area contributed by atoms with E-state index in [9.17, 15) is 19.2 Å². The number of carbonyl (C=O) groups excluding carboxylic acids is 4. The van der Waals surface area contributed by atoms with Crippen LogP contribution in [0.3, 0.4) is 0 Å². The molecule has 10 nitrogen and oxygen atoms in total. The molecule has 0 bridgehead atoms. The summed E-state index contributed by atoms with van der Waals surface area (Å²) in [6.07, 6.45) is 1.25. The SMILES string of the molecule is CCOc1ccc(N2C(=O)NC(=O)/C(=C\c3cc(Cl)ccc3OCC(=O)Nc3ccccc3OC)C2=O)cc1. The van der Waals surface area contributed by atoms with Crippen LogP contribution in [0.4, 0.5) is 16.2 Å². The van der Waals surface area contributed by atoms with Gasteiger partial charge in [-0.25, -0.2) is 9.69 Å². The molecule has 0 aromatic heterocycles. The molecular weight excluding hydrogens is 526 g/mol. The fraction of sp³-hybridized carbons (Fsp3) is 0.143. The number of hydrogen-bond donors (Lipinski definition) is 2. The van der Waals surface area contributed by atoms with E-state index in [0.717, 1.165) is 4.90 Å². The molecule has 1 heterocycles. The fourth-order valence-corrected chi connectivity index (χ4v) is 3.93. The molecule has 200 valence electrons. The van der Waals surface area contributed by atoms with Gasteiger partial charge in [0.15, 0.2) is 6.61 Å². The Bertz CT molecular complexity index is 1450. The Morgan fingerprint density at radius 2 is 1.74 bits per heavy atom. The van der Waals surface area contributed by atoms with Gasteiger partial charge in [0.05, 0.1) is 25.1 Å². The number of urea groups is 1. The van der Waals surface area contributed by atoms with Crippen LogP contribution in [0, 0.1) is 0 Å². The molecule has 5 amide bonds. The molecule has 11 heteroatoms. The number of para-hydroxylation sites is 2. The van der Waals surface area contributed by atoms with Crippen LogP contribution < -0.4 is 29.7 Å². The second kappa shape index (κ2) is 12.1. The van der Waals surface area contributed by atoms with Crippen molar-refractivity contribution in [1.82, 2.24) is 5.32 Å². The lowest BCUT2D eigenvalue weighted by Crippen LogP contribution is -2.54. The highest BCUT2D eigenvalue weighted by atomic mass is 35.5. The molecule has 3 aromatic rings. The number of imide groups is 2. The monoisotopic (exact) mass is 549 g/mol. The number of rotatable bonds is 9. The van der Waals surface area contributed by atoms with Gasteiger partial charge in [0.25, 0.3) is 17.7 Å². The van der Waals surface area contributed by atoms with Crippen molar-refractivity contribution in [3.63, 3.8) is 0 Å². The van der Waals surface area contributed by atoms with Gasteiger partial charge in [-0.3, -0.25) is 19.7 Å². The van der Waals surface area contributed by atoms with Gasteiger partial charge < -0.3 is 19.5 Å². The average Bonchev–Trinajstić information content (AvgIpc) is 2.92. The number of barbiturate groups is 1. The number of amides is 5. The molecule has 0 saturated carbocycles. The fourth-order valence-electron chi connectivity index (χ4n) is 3.75. The molecule has 0 aliphatic carbocycles. The van der Waals surface area contributed by atoms with Crippen molar-refractivity contribution in [2.24, 2.45) is 0 Å². The predicted octanol–water partition coefficient (Wildman–Crippen LogP) is 4.43. The minimum absolute atomic E-state index is 0.187. The first-order valence-corrected chi connectivity index (χ1v) is 12.2. The van der Waals surface area contributed by atoms with E-state index < -0.39 is 23.8 Å². The topological polar surface area (TPSA) is 123 Å². The summed E-state index contributed by atoms with van der Waals surface area (Å²) in [4.78, 5) is 51.8. The van der Waals surface area contributed by atoms with E-state index in [1.165, 1.54) is 43.5 Å². The largest absolute Gasteiger partial charge is 0.495 e. The molecule has 1 fully saturated rings. The highest BCUT2D eigenvalue weighted by Gasteiger charge is 2.37. The Morgan fingerprint density at radius 1 is 1.00 bits per heavy atom. The maximum atomic E-state index is 13.3. The number of anilines is 2. The summed E-state index contributed by atoms with van der Waals surface area (Å²) in [5, 5.41) is 5.17. The van der Waals surface area contributed by atoms with Crippen molar-refractivity contribution in [3.8, 4) is 17.2 Å². The summed E-state index contributed by atoms with van der Waals surface area (Å²) in [6.45, 7) is 1.90. The van der Waals surface area contributed by atoms with Crippen LogP contribution in [-0.4, -0.2) is 44.1 Å². The average molecular weight is 550 g/mol. The van der Waals surface area contributed by atoms with Gasteiger partial charge >= 0.3 is 6.03 Å². The number of carbonyl (C=O) groups is 4. The van der Waals surface area contributed by atoms with Crippen molar-refractivity contribution in [2.45, 2.75) is 6.92 Å². The van der Waals surface area contributed by atoms with E-state index in [-0.39, 0.29) is 29.2 Å². The highest BCUT2D eigenvalue weighted by Crippen LogP contribution is 2.29. The van der Waals surface area contributed by atoms with Gasteiger partial charge in [-0.1, -0.05) is 23.7 Å².